The average Bonchev–Trinajstić information content (AvgIpc) is 2.47. The standard InChI is InChI=1S/C15H12F3NO2/c1-2-21-14(20)11-7-6-10(15(16,17)18)9-12(11)13-5-3-4-8-19-13/h3-9H,2H2,1H3. The molecule has 0 spiro atoms. The lowest BCUT2D eigenvalue weighted by molar-refractivity contribution is -0.137. The molecule has 0 bridgehead atoms. The molecule has 2 aromatic rings. The zero-order valence-corrected chi connectivity index (χ0v) is 11.1. The highest BCUT2D eigenvalue weighted by molar-refractivity contribution is 5.97. The molecular formula is C15H12F3NO2. The van der Waals surface area contributed by atoms with Crippen LogP contribution < -0.4 is 0 Å². The third kappa shape index (κ3) is 3.39. The predicted octanol–water partition coefficient (Wildman–Crippen LogP) is 3.94. The minimum atomic E-state index is -4.49. The number of aromatic nitrogens is 1. The third-order valence-electron chi connectivity index (χ3n) is 2.78. The second-order valence-corrected chi connectivity index (χ2v) is 4.19. The average molecular weight is 295 g/mol. The number of pyridine rings is 1. The Morgan fingerprint density at radius 2 is 2.00 bits per heavy atom. The Hall–Kier alpha value is -2.37. The van der Waals surface area contributed by atoms with Crippen molar-refractivity contribution in [2.75, 3.05) is 6.61 Å². The Morgan fingerprint density at radius 1 is 1.24 bits per heavy atom. The zero-order chi connectivity index (χ0) is 15.5. The van der Waals surface area contributed by atoms with Crippen molar-refractivity contribution < 1.29 is 22.7 Å². The smallest absolute Gasteiger partial charge is 0.416 e. The van der Waals surface area contributed by atoms with Crippen LogP contribution in [-0.2, 0) is 10.9 Å². The van der Waals surface area contributed by atoms with Crippen molar-refractivity contribution >= 4 is 5.97 Å². The highest BCUT2D eigenvalue weighted by atomic mass is 19.4. The van der Waals surface area contributed by atoms with Gasteiger partial charge in [-0.15, -0.1) is 0 Å². The molecule has 21 heavy (non-hydrogen) atoms. The van der Waals surface area contributed by atoms with Crippen LogP contribution in [0.1, 0.15) is 22.8 Å². The zero-order valence-electron chi connectivity index (χ0n) is 11.1. The van der Waals surface area contributed by atoms with Crippen molar-refractivity contribution in [3.63, 3.8) is 0 Å². The summed E-state index contributed by atoms with van der Waals surface area (Å²) in [7, 11) is 0. The van der Waals surface area contributed by atoms with Gasteiger partial charge in [0.05, 0.1) is 23.4 Å². The van der Waals surface area contributed by atoms with Gasteiger partial charge < -0.3 is 4.74 Å². The van der Waals surface area contributed by atoms with E-state index in [2.05, 4.69) is 4.98 Å². The van der Waals surface area contributed by atoms with Crippen molar-refractivity contribution in [3.8, 4) is 11.3 Å². The molecule has 0 aliphatic carbocycles. The van der Waals surface area contributed by atoms with Crippen LogP contribution in [0.15, 0.2) is 42.6 Å². The maximum Gasteiger partial charge on any atom is 0.416 e. The maximum absolute atomic E-state index is 12.8. The summed E-state index contributed by atoms with van der Waals surface area (Å²) in [5, 5.41) is 0. The SMILES string of the molecule is CCOC(=O)c1ccc(C(F)(F)F)cc1-c1ccccn1. The van der Waals surface area contributed by atoms with Gasteiger partial charge >= 0.3 is 12.1 Å². The molecular weight excluding hydrogens is 283 g/mol. The summed E-state index contributed by atoms with van der Waals surface area (Å²) >= 11 is 0. The molecule has 0 amide bonds. The number of carbonyl (C=O) groups excluding carboxylic acids is 1. The molecule has 3 nitrogen and oxygen atoms in total. The minimum absolute atomic E-state index is 0.0588. The molecule has 0 radical (unpaired) electrons. The summed E-state index contributed by atoms with van der Waals surface area (Å²) < 4.78 is 43.4. The van der Waals surface area contributed by atoms with Gasteiger partial charge in [0.2, 0.25) is 0 Å². The quantitative estimate of drug-likeness (QED) is 0.805. The van der Waals surface area contributed by atoms with Gasteiger partial charge in [0, 0.05) is 11.8 Å². The van der Waals surface area contributed by atoms with Crippen LogP contribution in [0.4, 0.5) is 13.2 Å². The fourth-order valence-electron chi connectivity index (χ4n) is 1.84. The lowest BCUT2D eigenvalue weighted by Crippen LogP contribution is -2.10. The molecule has 110 valence electrons. The molecule has 6 heteroatoms. The van der Waals surface area contributed by atoms with Crippen LogP contribution in [-0.4, -0.2) is 17.6 Å². The highest BCUT2D eigenvalue weighted by Crippen LogP contribution is 2.33. The summed E-state index contributed by atoms with van der Waals surface area (Å²) in [4.78, 5) is 15.9. The topological polar surface area (TPSA) is 39.2 Å². The number of halogens is 3. The number of ether oxygens (including phenoxy) is 1. The third-order valence-corrected chi connectivity index (χ3v) is 2.78. The number of esters is 1. The van der Waals surface area contributed by atoms with E-state index < -0.39 is 17.7 Å². The summed E-state index contributed by atoms with van der Waals surface area (Å²) in [5.41, 5.74) is -0.393. The monoisotopic (exact) mass is 295 g/mol. The highest BCUT2D eigenvalue weighted by Gasteiger charge is 2.32. The van der Waals surface area contributed by atoms with E-state index >= 15 is 0 Å². The Bertz CT molecular complexity index is 639. The van der Waals surface area contributed by atoms with Gasteiger partial charge in [0.15, 0.2) is 0 Å². The van der Waals surface area contributed by atoms with Crippen LogP contribution in [0, 0.1) is 0 Å². The van der Waals surface area contributed by atoms with E-state index in [1.54, 1.807) is 19.1 Å². The lowest BCUT2D eigenvalue weighted by Gasteiger charge is -2.12. The van der Waals surface area contributed by atoms with E-state index in [4.69, 9.17) is 4.74 Å². The van der Waals surface area contributed by atoms with Gasteiger partial charge in [0.1, 0.15) is 0 Å². The first kappa shape index (κ1) is 15.0. The molecule has 0 aliphatic rings. The van der Waals surface area contributed by atoms with Gasteiger partial charge in [-0.25, -0.2) is 4.79 Å². The molecule has 0 fully saturated rings. The fraction of sp³-hybridized carbons (Fsp3) is 0.200. The molecule has 0 atom stereocenters. The first-order valence-corrected chi connectivity index (χ1v) is 6.23. The Kier molecular flexibility index (Phi) is 4.26. The largest absolute Gasteiger partial charge is 0.462 e. The number of hydrogen-bond acceptors (Lipinski definition) is 3. The van der Waals surface area contributed by atoms with Gasteiger partial charge in [0.25, 0.3) is 0 Å². The molecule has 0 unspecified atom stereocenters. The van der Waals surface area contributed by atoms with Crippen LogP contribution in [0.2, 0.25) is 0 Å². The molecule has 2 rings (SSSR count). The predicted molar refractivity (Wildman–Crippen MR) is 70.6 cm³/mol. The molecule has 0 saturated carbocycles. The van der Waals surface area contributed by atoms with Gasteiger partial charge in [-0.3, -0.25) is 4.98 Å². The molecule has 0 aliphatic heterocycles. The van der Waals surface area contributed by atoms with Crippen molar-refractivity contribution in [1.29, 1.82) is 0 Å². The number of nitrogens with zero attached hydrogens (tertiary/aromatic N) is 1. The van der Waals surface area contributed by atoms with E-state index in [0.717, 1.165) is 18.2 Å². The Morgan fingerprint density at radius 3 is 2.57 bits per heavy atom. The summed E-state index contributed by atoms with van der Waals surface area (Å²) in [6.07, 6.45) is -3.04. The lowest BCUT2D eigenvalue weighted by atomic mass is 10.0. The number of hydrogen-bond donors (Lipinski definition) is 0. The van der Waals surface area contributed by atoms with Crippen LogP contribution in [0.3, 0.4) is 0 Å². The van der Waals surface area contributed by atoms with Gasteiger partial charge in [-0.05, 0) is 37.3 Å². The van der Waals surface area contributed by atoms with Gasteiger partial charge in [-0.2, -0.15) is 13.2 Å². The summed E-state index contributed by atoms with van der Waals surface area (Å²) in [5.74, 6) is -0.674. The fourth-order valence-corrected chi connectivity index (χ4v) is 1.84. The van der Waals surface area contributed by atoms with Crippen molar-refractivity contribution in [2.24, 2.45) is 0 Å². The first-order valence-electron chi connectivity index (χ1n) is 6.23. The Labute approximate surface area is 119 Å². The van der Waals surface area contributed by atoms with Crippen molar-refractivity contribution in [2.45, 2.75) is 13.1 Å². The molecule has 1 aromatic carbocycles. The number of rotatable bonds is 3. The molecule has 1 heterocycles. The molecule has 1 aromatic heterocycles. The van der Waals surface area contributed by atoms with Gasteiger partial charge in [-0.1, -0.05) is 6.07 Å². The number of carbonyl (C=O) groups is 1. The van der Waals surface area contributed by atoms with E-state index in [-0.39, 0.29) is 23.4 Å². The van der Waals surface area contributed by atoms with E-state index in [9.17, 15) is 18.0 Å². The summed E-state index contributed by atoms with van der Waals surface area (Å²) in [6, 6.07) is 7.70. The van der Waals surface area contributed by atoms with Crippen LogP contribution in [0.5, 0.6) is 0 Å². The summed E-state index contributed by atoms with van der Waals surface area (Å²) in [6.45, 7) is 1.77. The van der Waals surface area contributed by atoms with Crippen molar-refractivity contribution in [3.05, 3.63) is 53.7 Å². The second-order valence-electron chi connectivity index (χ2n) is 4.19. The number of benzene rings is 1. The molecule has 0 N–H and O–H groups in total. The normalized spacial score (nSPS) is 11.2. The van der Waals surface area contributed by atoms with E-state index in [1.807, 2.05) is 0 Å². The van der Waals surface area contributed by atoms with Crippen LogP contribution >= 0.6 is 0 Å². The van der Waals surface area contributed by atoms with E-state index in [0.29, 0.717) is 0 Å². The van der Waals surface area contributed by atoms with Crippen molar-refractivity contribution in [1.82, 2.24) is 4.98 Å². The van der Waals surface area contributed by atoms with E-state index in [1.165, 1.54) is 12.3 Å². The first-order chi connectivity index (χ1) is 9.93. The maximum atomic E-state index is 12.8. The Balaban J connectivity index is 2.59. The second kappa shape index (κ2) is 5.95. The minimum Gasteiger partial charge on any atom is -0.462 e. The molecule has 0 saturated heterocycles. The number of alkyl halides is 3. The van der Waals surface area contributed by atoms with Crippen LogP contribution in [0.25, 0.3) is 11.3 Å².